The van der Waals surface area contributed by atoms with Gasteiger partial charge < -0.3 is 14.2 Å². The highest BCUT2D eigenvalue weighted by molar-refractivity contribution is 9.10. The normalized spacial score (nSPS) is 14.9. The third-order valence-corrected chi connectivity index (χ3v) is 8.51. The minimum absolute atomic E-state index is 0.206. The Bertz CT molecular complexity index is 1830. The van der Waals surface area contributed by atoms with Gasteiger partial charge in [-0.3, -0.25) is 9.36 Å². The molecular formula is C31H26BrClN2O5S. The number of nitrogens with zero attached hydrogens (tertiary/aromatic N) is 2. The van der Waals surface area contributed by atoms with Gasteiger partial charge in [-0.05, 0) is 77.3 Å². The van der Waals surface area contributed by atoms with Crippen LogP contribution in [0.15, 0.2) is 92.3 Å². The van der Waals surface area contributed by atoms with Gasteiger partial charge in [0.15, 0.2) is 4.80 Å². The second-order valence-corrected chi connectivity index (χ2v) is 11.4. The van der Waals surface area contributed by atoms with Crippen molar-refractivity contribution in [2.45, 2.75) is 26.5 Å². The Kier molecular flexibility index (Phi) is 8.77. The second-order valence-electron chi connectivity index (χ2n) is 9.15. The van der Waals surface area contributed by atoms with Crippen molar-refractivity contribution in [3.05, 3.63) is 124 Å². The minimum Gasteiger partial charge on any atom is -0.496 e. The van der Waals surface area contributed by atoms with E-state index in [1.165, 1.54) is 11.3 Å². The Hall–Kier alpha value is -3.66. The van der Waals surface area contributed by atoms with Crippen LogP contribution in [-0.4, -0.2) is 24.3 Å². The van der Waals surface area contributed by atoms with E-state index in [0.29, 0.717) is 48.2 Å². The van der Waals surface area contributed by atoms with Crippen LogP contribution < -0.4 is 24.4 Å². The van der Waals surface area contributed by atoms with Crippen molar-refractivity contribution in [2.24, 2.45) is 4.99 Å². The van der Waals surface area contributed by atoms with E-state index < -0.39 is 12.0 Å². The predicted octanol–water partition coefficient (Wildman–Crippen LogP) is 5.80. The van der Waals surface area contributed by atoms with Crippen LogP contribution in [0.5, 0.6) is 11.5 Å². The van der Waals surface area contributed by atoms with Gasteiger partial charge in [0, 0.05) is 10.6 Å². The smallest absolute Gasteiger partial charge is 0.338 e. The van der Waals surface area contributed by atoms with Crippen LogP contribution in [0.2, 0.25) is 5.02 Å². The number of fused-ring (bicyclic) bond motifs is 1. The number of methoxy groups -OCH3 is 1. The summed E-state index contributed by atoms with van der Waals surface area (Å²) in [5.41, 5.74) is 3.03. The van der Waals surface area contributed by atoms with Gasteiger partial charge in [0.25, 0.3) is 5.56 Å². The number of rotatable bonds is 8. The molecule has 1 aromatic heterocycles. The lowest BCUT2D eigenvalue weighted by Gasteiger charge is -2.25. The van der Waals surface area contributed by atoms with Gasteiger partial charge in [0.1, 0.15) is 18.1 Å². The summed E-state index contributed by atoms with van der Waals surface area (Å²) in [6.07, 6.45) is 1.81. The first-order chi connectivity index (χ1) is 19.8. The molecule has 0 aliphatic carbocycles. The number of halogens is 2. The van der Waals surface area contributed by atoms with Gasteiger partial charge in [-0.15, -0.1) is 0 Å². The molecule has 1 aliphatic heterocycles. The molecule has 0 spiro atoms. The fourth-order valence-corrected chi connectivity index (χ4v) is 6.34. The number of carbonyl (C=O) groups is 1. The molecule has 41 heavy (non-hydrogen) atoms. The number of carbonyl (C=O) groups excluding carboxylic acids is 1. The number of ether oxygens (including phenoxy) is 3. The van der Waals surface area contributed by atoms with Crippen LogP contribution in [0.25, 0.3) is 6.08 Å². The number of thiazole rings is 1. The van der Waals surface area contributed by atoms with E-state index in [9.17, 15) is 9.59 Å². The van der Waals surface area contributed by atoms with Crippen molar-refractivity contribution < 1.29 is 19.0 Å². The third kappa shape index (κ3) is 6.02. The van der Waals surface area contributed by atoms with Crippen molar-refractivity contribution in [3.8, 4) is 11.5 Å². The summed E-state index contributed by atoms with van der Waals surface area (Å²) in [6.45, 7) is 4.06. The van der Waals surface area contributed by atoms with Crippen LogP contribution >= 0.6 is 38.9 Å². The van der Waals surface area contributed by atoms with Crippen molar-refractivity contribution in [1.82, 2.24) is 4.57 Å². The molecule has 4 aromatic rings. The van der Waals surface area contributed by atoms with Gasteiger partial charge in [0.05, 0.1) is 40.0 Å². The minimum atomic E-state index is -0.713. The molecule has 10 heteroatoms. The van der Waals surface area contributed by atoms with E-state index in [0.717, 1.165) is 16.7 Å². The highest BCUT2D eigenvalue weighted by atomic mass is 79.9. The van der Waals surface area contributed by atoms with Crippen molar-refractivity contribution >= 4 is 50.9 Å². The van der Waals surface area contributed by atoms with Gasteiger partial charge in [0.2, 0.25) is 0 Å². The summed E-state index contributed by atoms with van der Waals surface area (Å²) in [6, 6.07) is 19.8. The van der Waals surface area contributed by atoms with Gasteiger partial charge in [-0.2, -0.15) is 0 Å². The van der Waals surface area contributed by atoms with Crippen LogP contribution in [-0.2, 0) is 16.1 Å². The molecule has 0 unspecified atom stereocenters. The van der Waals surface area contributed by atoms with Crippen LogP contribution in [0.1, 0.15) is 36.6 Å². The summed E-state index contributed by atoms with van der Waals surface area (Å²) in [7, 11) is 1.58. The molecular weight excluding hydrogens is 628 g/mol. The fraction of sp³-hybridized carbons (Fsp3) is 0.194. The number of aromatic nitrogens is 1. The monoisotopic (exact) mass is 652 g/mol. The molecule has 2 heterocycles. The Labute approximate surface area is 254 Å². The highest BCUT2D eigenvalue weighted by Crippen LogP contribution is 2.35. The van der Waals surface area contributed by atoms with Crippen LogP contribution in [0.4, 0.5) is 0 Å². The summed E-state index contributed by atoms with van der Waals surface area (Å²) in [5, 5.41) is 0.654. The van der Waals surface area contributed by atoms with Crippen LogP contribution in [0.3, 0.4) is 0 Å². The molecule has 210 valence electrons. The summed E-state index contributed by atoms with van der Waals surface area (Å²) < 4.78 is 19.4. The van der Waals surface area contributed by atoms with Crippen LogP contribution in [0, 0.1) is 0 Å². The molecule has 0 amide bonds. The molecule has 7 nitrogen and oxygen atoms in total. The Morgan fingerprint density at radius 2 is 1.90 bits per heavy atom. The Morgan fingerprint density at radius 3 is 2.59 bits per heavy atom. The van der Waals surface area contributed by atoms with Crippen molar-refractivity contribution in [3.63, 3.8) is 0 Å². The number of benzene rings is 3. The lowest BCUT2D eigenvalue weighted by molar-refractivity contribution is -0.139. The lowest BCUT2D eigenvalue weighted by Crippen LogP contribution is -2.39. The number of hydrogen-bond donors (Lipinski definition) is 0. The van der Waals surface area contributed by atoms with Gasteiger partial charge in [-0.25, -0.2) is 9.79 Å². The van der Waals surface area contributed by atoms with E-state index in [1.54, 1.807) is 31.6 Å². The number of hydrogen-bond acceptors (Lipinski definition) is 7. The molecule has 0 N–H and O–H groups in total. The zero-order chi connectivity index (χ0) is 29.1. The quantitative estimate of drug-likeness (QED) is 0.225. The van der Waals surface area contributed by atoms with Crippen molar-refractivity contribution in [2.75, 3.05) is 13.7 Å². The molecule has 1 atom stereocenters. The molecule has 0 bridgehead atoms. The highest BCUT2D eigenvalue weighted by Gasteiger charge is 2.33. The predicted molar refractivity (Wildman–Crippen MR) is 163 cm³/mol. The maximum absolute atomic E-state index is 13.8. The molecule has 5 rings (SSSR count). The zero-order valence-electron chi connectivity index (χ0n) is 22.5. The maximum Gasteiger partial charge on any atom is 0.338 e. The average molecular weight is 654 g/mol. The molecule has 0 radical (unpaired) electrons. The molecule has 1 aliphatic rings. The first-order valence-corrected chi connectivity index (χ1v) is 14.8. The van der Waals surface area contributed by atoms with E-state index in [2.05, 4.69) is 20.9 Å². The number of allylic oxidation sites excluding steroid dienone is 1. The first-order valence-electron chi connectivity index (χ1n) is 12.8. The van der Waals surface area contributed by atoms with Gasteiger partial charge >= 0.3 is 5.97 Å². The molecule has 0 saturated carbocycles. The van der Waals surface area contributed by atoms with E-state index >= 15 is 0 Å². The zero-order valence-corrected chi connectivity index (χ0v) is 25.7. The average Bonchev–Trinajstić information content (AvgIpc) is 3.26. The Morgan fingerprint density at radius 1 is 1.15 bits per heavy atom. The van der Waals surface area contributed by atoms with Crippen molar-refractivity contribution in [1.29, 1.82) is 0 Å². The molecule has 0 fully saturated rings. The summed E-state index contributed by atoms with van der Waals surface area (Å²) in [5.74, 6) is 0.814. The SMILES string of the molecule is CCOC(=O)C1=C(C)N=c2s/c(=C/c3ccc(OCc4ccccc4Cl)cc3)c(=O)n2[C@H]1c1ccc(OC)c(Br)c1. The Balaban J connectivity index is 1.52. The second kappa shape index (κ2) is 12.5. The molecule has 3 aromatic carbocycles. The fourth-order valence-electron chi connectivity index (χ4n) is 4.55. The van der Waals surface area contributed by atoms with E-state index in [1.807, 2.05) is 66.7 Å². The third-order valence-electron chi connectivity index (χ3n) is 6.54. The largest absolute Gasteiger partial charge is 0.496 e. The molecule has 0 saturated heterocycles. The standard InChI is InChI=1S/C31H26BrClN2O5S/c1-4-39-30(37)27-18(2)34-31-35(28(27)20-11-14-25(38-3)23(32)16-20)29(36)26(41-31)15-19-9-12-22(13-10-19)40-17-21-7-5-6-8-24(21)33/h5-16,28H,4,17H2,1-3H3/b26-15+/t28-/m0/s1. The first kappa shape index (κ1) is 28.9. The maximum atomic E-state index is 13.8. The lowest BCUT2D eigenvalue weighted by atomic mass is 9.96. The van der Waals surface area contributed by atoms with E-state index in [-0.39, 0.29) is 12.2 Å². The summed E-state index contributed by atoms with van der Waals surface area (Å²) in [4.78, 5) is 32.1. The number of esters is 1. The summed E-state index contributed by atoms with van der Waals surface area (Å²) >= 11 is 11.0. The topological polar surface area (TPSA) is 79.1 Å². The van der Waals surface area contributed by atoms with E-state index in [4.69, 9.17) is 25.8 Å². The van der Waals surface area contributed by atoms with Gasteiger partial charge in [-0.1, -0.05) is 59.3 Å².